The molecule has 1 heterocycles. The maximum Gasteiger partial charge on any atom is 0.163 e. The highest BCUT2D eigenvalue weighted by Crippen LogP contribution is 2.10. The molecule has 1 aromatic rings. The summed E-state index contributed by atoms with van der Waals surface area (Å²) in [5, 5.41) is 0. The average Bonchev–Trinajstić information content (AvgIpc) is 2.17. The Morgan fingerprint density at radius 1 is 1.62 bits per heavy atom. The molecule has 0 amide bonds. The summed E-state index contributed by atoms with van der Waals surface area (Å²) >= 11 is 5.23. The summed E-state index contributed by atoms with van der Waals surface area (Å²) in [6, 6.07) is 3.70. The first-order valence-corrected chi connectivity index (χ1v) is 4.07. The summed E-state index contributed by atoms with van der Waals surface area (Å²) in [7, 11) is 3.88. The first-order valence-electron chi connectivity index (χ1n) is 3.73. The van der Waals surface area contributed by atoms with Gasteiger partial charge in [-0.1, -0.05) is 0 Å². The van der Waals surface area contributed by atoms with Gasteiger partial charge in [0.05, 0.1) is 0 Å². The molecule has 1 aromatic heterocycles. The van der Waals surface area contributed by atoms with Crippen LogP contribution in [0.15, 0.2) is 22.8 Å². The SMILES string of the molecule is CN(C)c1ccnc(C(N)=NCl)c1. The maximum atomic E-state index is 5.50. The van der Waals surface area contributed by atoms with Gasteiger partial charge >= 0.3 is 0 Å². The Balaban J connectivity index is 3.05. The van der Waals surface area contributed by atoms with Gasteiger partial charge in [0, 0.05) is 37.8 Å². The molecule has 0 aliphatic carbocycles. The minimum absolute atomic E-state index is 0.227. The van der Waals surface area contributed by atoms with E-state index in [4.69, 9.17) is 17.5 Å². The van der Waals surface area contributed by atoms with E-state index in [1.165, 1.54) is 0 Å². The van der Waals surface area contributed by atoms with Crippen molar-refractivity contribution in [2.75, 3.05) is 19.0 Å². The Labute approximate surface area is 82.2 Å². The highest BCUT2D eigenvalue weighted by molar-refractivity contribution is 6.21. The minimum atomic E-state index is 0.227. The van der Waals surface area contributed by atoms with E-state index in [1.54, 1.807) is 6.20 Å². The second-order valence-corrected chi connectivity index (χ2v) is 2.93. The van der Waals surface area contributed by atoms with Gasteiger partial charge in [0.15, 0.2) is 5.84 Å². The summed E-state index contributed by atoms with van der Waals surface area (Å²) in [4.78, 5) is 5.98. The van der Waals surface area contributed by atoms with Gasteiger partial charge in [-0.05, 0) is 12.1 Å². The molecule has 0 atom stereocenters. The number of nitrogens with zero attached hydrogens (tertiary/aromatic N) is 3. The van der Waals surface area contributed by atoms with Crippen LogP contribution in [0.3, 0.4) is 0 Å². The predicted molar refractivity (Wildman–Crippen MR) is 55.1 cm³/mol. The fourth-order valence-electron chi connectivity index (χ4n) is 0.881. The molecule has 0 saturated heterocycles. The number of pyridine rings is 1. The smallest absolute Gasteiger partial charge is 0.163 e. The molecule has 0 spiro atoms. The summed E-state index contributed by atoms with van der Waals surface area (Å²) in [5.41, 5.74) is 7.09. The average molecular weight is 199 g/mol. The maximum absolute atomic E-state index is 5.50. The second-order valence-electron chi connectivity index (χ2n) is 2.76. The fourth-order valence-corrected chi connectivity index (χ4v) is 0.968. The number of hydrogen-bond acceptors (Lipinski definition) is 3. The van der Waals surface area contributed by atoms with Gasteiger partial charge < -0.3 is 10.6 Å². The lowest BCUT2D eigenvalue weighted by atomic mass is 10.3. The third kappa shape index (κ3) is 2.32. The van der Waals surface area contributed by atoms with E-state index in [0.29, 0.717) is 5.69 Å². The van der Waals surface area contributed by atoms with Crippen LogP contribution in [0.4, 0.5) is 5.69 Å². The van der Waals surface area contributed by atoms with Crippen molar-refractivity contribution >= 4 is 23.3 Å². The van der Waals surface area contributed by atoms with Crippen LogP contribution >= 0.6 is 11.8 Å². The topological polar surface area (TPSA) is 54.5 Å². The lowest BCUT2D eigenvalue weighted by molar-refractivity contribution is 1.11. The molecule has 0 aliphatic rings. The van der Waals surface area contributed by atoms with Crippen LogP contribution in [-0.2, 0) is 0 Å². The molecule has 0 radical (unpaired) electrons. The summed E-state index contributed by atoms with van der Waals surface area (Å²) < 4.78 is 3.34. The number of nitrogens with two attached hydrogens (primary N) is 1. The lowest BCUT2D eigenvalue weighted by Gasteiger charge is -2.12. The lowest BCUT2D eigenvalue weighted by Crippen LogP contribution is -2.16. The molecular weight excluding hydrogens is 188 g/mol. The van der Waals surface area contributed by atoms with Crippen LogP contribution in [0.25, 0.3) is 0 Å². The number of aromatic nitrogens is 1. The van der Waals surface area contributed by atoms with E-state index in [0.717, 1.165) is 5.69 Å². The standard InChI is InChI=1S/C8H11ClN4/c1-13(2)6-3-4-11-7(5-6)8(10)12-9/h3-5H,1-2H3,(H2,10,12). The van der Waals surface area contributed by atoms with Crippen molar-refractivity contribution < 1.29 is 0 Å². The van der Waals surface area contributed by atoms with Gasteiger partial charge in [0.2, 0.25) is 0 Å². The third-order valence-corrected chi connectivity index (χ3v) is 1.80. The van der Waals surface area contributed by atoms with E-state index >= 15 is 0 Å². The molecule has 2 N–H and O–H groups in total. The zero-order valence-electron chi connectivity index (χ0n) is 7.53. The van der Waals surface area contributed by atoms with E-state index in [2.05, 4.69) is 9.50 Å². The fraction of sp³-hybridized carbons (Fsp3) is 0.250. The van der Waals surface area contributed by atoms with Crippen molar-refractivity contribution in [3.8, 4) is 0 Å². The Kier molecular flexibility index (Phi) is 3.08. The Morgan fingerprint density at radius 3 is 2.85 bits per heavy atom. The van der Waals surface area contributed by atoms with Crippen molar-refractivity contribution in [3.63, 3.8) is 0 Å². The van der Waals surface area contributed by atoms with Crippen molar-refractivity contribution in [1.82, 2.24) is 4.98 Å². The highest BCUT2D eigenvalue weighted by Gasteiger charge is 2.01. The second kappa shape index (κ2) is 4.09. The molecule has 0 saturated carbocycles. The molecule has 5 heteroatoms. The van der Waals surface area contributed by atoms with Gasteiger partial charge in [0.25, 0.3) is 0 Å². The molecule has 4 nitrogen and oxygen atoms in total. The molecule has 0 aromatic carbocycles. The number of halogens is 1. The van der Waals surface area contributed by atoms with Gasteiger partial charge in [-0.25, -0.2) is 0 Å². The van der Waals surface area contributed by atoms with Crippen LogP contribution in [-0.4, -0.2) is 24.9 Å². The van der Waals surface area contributed by atoms with Crippen molar-refractivity contribution in [2.24, 2.45) is 10.2 Å². The normalized spacial score (nSPS) is 11.5. The van der Waals surface area contributed by atoms with Crippen LogP contribution in [0.2, 0.25) is 0 Å². The zero-order chi connectivity index (χ0) is 9.84. The van der Waals surface area contributed by atoms with E-state index in [1.807, 2.05) is 31.1 Å². The van der Waals surface area contributed by atoms with Crippen LogP contribution in [0.5, 0.6) is 0 Å². The van der Waals surface area contributed by atoms with Crippen molar-refractivity contribution in [1.29, 1.82) is 0 Å². The highest BCUT2D eigenvalue weighted by atomic mass is 35.5. The quantitative estimate of drug-likeness (QED) is 0.570. The zero-order valence-corrected chi connectivity index (χ0v) is 8.28. The molecule has 0 aliphatic heterocycles. The van der Waals surface area contributed by atoms with E-state index in [9.17, 15) is 0 Å². The third-order valence-electron chi connectivity index (χ3n) is 1.61. The summed E-state index contributed by atoms with van der Waals surface area (Å²) in [6.45, 7) is 0. The van der Waals surface area contributed by atoms with Crippen LogP contribution in [0, 0.1) is 0 Å². The van der Waals surface area contributed by atoms with Crippen molar-refractivity contribution in [3.05, 3.63) is 24.0 Å². The van der Waals surface area contributed by atoms with Crippen molar-refractivity contribution in [2.45, 2.75) is 0 Å². The van der Waals surface area contributed by atoms with Gasteiger partial charge in [-0.2, -0.15) is 4.51 Å². The Morgan fingerprint density at radius 2 is 2.31 bits per heavy atom. The molecular formula is C8H11ClN4. The number of anilines is 1. The van der Waals surface area contributed by atoms with Crippen LogP contribution < -0.4 is 10.6 Å². The monoisotopic (exact) mass is 198 g/mol. The summed E-state index contributed by atoms with van der Waals surface area (Å²) in [6.07, 6.45) is 1.67. The Hall–Kier alpha value is -1.29. The van der Waals surface area contributed by atoms with Crippen LogP contribution in [0.1, 0.15) is 5.69 Å². The number of hydrogen-bond donors (Lipinski definition) is 1. The molecule has 1 rings (SSSR count). The van der Waals surface area contributed by atoms with E-state index in [-0.39, 0.29) is 5.84 Å². The molecule has 13 heavy (non-hydrogen) atoms. The molecule has 0 fully saturated rings. The summed E-state index contributed by atoms with van der Waals surface area (Å²) in [5.74, 6) is 0.227. The first kappa shape index (κ1) is 9.80. The molecule has 0 unspecified atom stereocenters. The molecule has 70 valence electrons. The first-order chi connectivity index (χ1) is 6.15. The van der Waals surface area contributed by atoms with E-state index < -0.39 is 0 Å². The van der Waals surface area contributed by atoms with Gasteiger partial charge in [0.1, 0.15) is 5.69 Å². The Bertz CT molecular complexity index is 322. The van der Waals surface area contributed by atoms with Gasteiger partial charge in [-0.3, -0.25) is 4.98 Å². The largest absolute Gasteiger partial charge is 0.381 e. The molecule has 0 bridgehead atoms. The minimum Gasteiger partial charge on any atom is -0.381 e. The number of rotatable bonds is 2. The predicted octanol–water partition coefficient (Wildman–Crippen LogP) is 1.01. The number of amidine groups is 1. The van der Waals surface area contributed by atoms with Gasteiger partial charge in [-0.15, -0.1) is 0 Å².